The molecule has 4 rings (SSSR count). The van der Waals surface area contributed by atoms with Gasteiger partial charge in [0.25, 0.3) is 0 Å². The second kappa shape index (κ2) is 5.47. The van der Waals surface area contributed by atoms with E-state index in [0.717, 1.165) is 17.6 Å². The van der Waals surface area contributed by atoms with E-state index in [-0.39, 0.29) is 0 Å². The number of para-hydroxylation sites is 1. The summed E-state index contributed by atoms with van der Waals surface area (Å²) >= 11 is 3.34. The van der Waals surface area contributed by atoms with Crippen LogP contribution >= 0.6 is 15.9 Å². The van der Waals surface area contributed by atoms with E-state index < -0.39 is 10.0 Å². The second-order valence-electron chi connectivity index (χ2n) is 5.65. The largest absolute Gasteiger partial charge is 0.357 e. The number of halogens is 1. The molecular formula is C17H15BrN2O2S. The fourth-order valence-corrected chi connectivity index (χ4v) is 5.54. The normalized spacial score (nSPS) is 15.7. The average Bonchev–Trinajstić information content (AvgIpc) is 2.92. The Labute approximate surface area is 143 Å². The first-order chi connectivity index (χ1) is 11.1. The van der Waals surface area contributed by atoms with Gasteiger partial charge in [-0.25, -0.2) is 8.42 Å². The molecule has 6 heteroatoms. The summed E-state index contributed by atoms with van der Waals surface area (Å²) in [6.45, 7) is 0.881. The van der Waals surface area contributed by atoms with Gasteiger partial charge in [0.05, 0.1) is 11.4 Å². The summed E-state index contributed by atoms with van der Waals surface area (Å²) in [5.41, 5.74) is 3.30. The summed E-state index contributed by atoms with van der Waals surface area (Å²) in [5, 5.41) is 1.19. The number of aromatic nitrogens is 1. The zero-order valence-electron chi connectivity index (χ0n) is 12.3. The molecule has 0 atom stereocenters. The number of benzene rings is 2. The quantitative estimate of drug-likeness (QED) is 0.725. The van der Waals surface area contributed by atoms with E-state index in [1.807, 2.05) is 24.3 Å². The summed E-state index contributed by atoms with van der Waals surface area (Å²) in [7, 11) is -3.51. The van der Waals surface area contributed by atoms with Crippen LogP contribution in [0.2, 0.25) is 0 Å². The van der Waals surface area contributed by atoms with Gasteiger partial charge in [0, 0.05) is 27.6 Å². The van der Waals surface area contributed by atoms with Crippen molar-refractivity contribution in [2.24, 2.45) is 0 Å². The predicted octanol–water partition coefficient (Wildman–Crippen LogP) is 3.68. The van der Waals surface area contributed by atoms with Gasteiger partial charge >= 0.3 is 0 Å². The standard InChI is InChI=1S/C17H15BrN2O2S/c18-14-6-2-4-8-17(14)23(21,22)20-10-9-13-12-5-1-3-7-15(12)19-16(13)11-20/h1-8,19H,9-11H2. The Kier molecular flexibility index (Phi) is 3.55. The van der Waals surface area contributed by atoms with Crippen LogP contribution in [-0.4, -0.2) is 24.3 Å². The molecule has 0 fully saturated rings. The Hall–Kier alpha value is -1.63. The van der Waals surface area contributed by atoms with Crippen LogP contribution in [0.25, 0.3) is 10.9 Å². The minimum Gasteiger partial charge on any atom is -0.357 e. The van der Waals surface area contributed by atoms with Gasteiger partial charge in [0.2, 0.25) is 10.0 Å². The van der Waals surface area contributed by atoms with Crippen LogP contribution in [-0.2, 0) is 23.0 Å². The number of nitrogens with one attached hydrogen (secondary N) is 1. The highest BCUT2D eigenvalue weighted by molar-refractivity contribution is 9.10. The van der Waals surface area contributed by atoms with Crippen molar-refractivity contribution < 1.29 is 8.42 Å². The van der Waals surface area contributed by atoms with Crippen molar-refractivity contribution in [3.63, 3.8) is 0 Å². The number of sulfonamides is 1. The van der Waals surface area contributed by atoms with E-state index in [9.17, 15) is 8.42 Å². The highest BCUT2D eigenvalue weighted by Gasteiger charge is 2.31. The molecule has 2 aromatic carbocycles. The third-order valence-corrected chi connectivity index (χ3v) is 7.16. The van der Waals surface area contributed by atoms with Crippen LogP contribution in [0, 0.1) is 0 Å². The van der Waals surface area contributed by atoms with E-state index in [0.29, 0.717) is 22.5 Å². The Bertz CT molecular complexity index is 995. The fraction of sp³-hybridized carbons (Fsp3) is 0.176. The molecule has 0 unspecified atom stereocenters. The molecule has 0 spiro atoms. The van der Waals surface area contributed by atoms with Gasteiger partial charge < -0.3 is 4.98 Å². The Morgan fingerprint density at radius 1 is 1.04 bits per heavy atom. The zero-order valence-corrected chi connectivity index (χ0v) is 14.7. The maximum atomic E-state index is 12.9. The number of fused-ring (bicyclic) bond motifs is 3. The van der Waals surface area contributed by atoms with Crippen molar-refractivity contribution >= 4 is 36.9 Å². The molecule has 3 aromatic rings. The molecule has 2 heterocycles. The lowest BCUT2D eigenvalue weighted by atomic mass is 10.1. The highest BCUT2D eigenvalue weighted by atomic mass is 79.9. The van der Waals surface area contributed by atoms with Crippen LogP contribution in [0.1, 0.15) is 11.3 Å². The van der Waals surface area contributed by atoms with E-state index >= 15 is 0 Å². The van der Waals surface area contributed by atoms with Crippen molar-refractivity contribution in [1.29, 1.82) is 0 Å². The minimum absolute atomic E-state index is 0.319. The SMILES string of the molecule is O=S(=O)(c1ccccc1Br)N1CCc2c([nH]c3ccccc23)C1. The molecule has 1 aliphatic heterocycles. The first-order valence-electron chi connectivity index (χ1n) is 7.40. The molecule has 118 valence electrons. The number of nitrogens with zero attached hydrogens (tertiary/aromatic N) is 1. The number of aromatic amines is 1. The molecule has 4 nitrogen and oxygen atoms in total. The molecule has 0 saturated heterocycles. The highest BCUT2D eigenvalue weighted by Crippen LogP contribution is 2.31. The Balaban J connectivity index is 1.74. The molecule has 1 aromatic heterocycles. The average molecular weight is 391 g/mol. The lowest BCUT2D eigenvalue weighted by Crippen LogP contribution is -2.36. The molecule has 0 aliphatic carbocycles. The first kappa shape index (κ1) is 14.9. The summed E-state index contributed by atoms with van der Waals surface area (Å²) in [4.78, 5) is 3.69. The molecule has 0 bridgehead atoms. The minimum atomic E-state index is -3.51. The van der Waals surface area contributed by atoms with Crippen LogP contribution in [0.5, 0.6) is 0 Å². The van der Waals surface area contributed by atoms with Crippen molar-refractivity contribution in [3.05, 3.63) is 64.3 Å². The van der Waals surface area contributed by atoms with E-state index in [4.69, 9.17) is 0 Å². The number of rotatable bonds is 2. The molecule has 1 N–H and O–H groups in total. The summed E-state index contributed by atoms with van der Waals surface area (Å²) < 4.78 is 28.0. The van der Waals surface area contributed by atoms with Crippen LogP contribution in [0.3, 0.4) is 0 Å². The lowest BCUT2D eigenvalue weighted by Gasteiger charge is -2.26. The molecule has 0 saturated carbocycles. The number of H-pyrrole nitrogens is 1. The molecule has 1 aliphatic rings. The smallest absolute Gasteiger partial charge is 0.244 e. The van der Waals surface area contributed by atoms with Gasteiger partial charge in [0.1, 0.15) is 0 Å². The molecule has 0 amide bonds. The second-order valence-corrected chi connectivity index (χ2v) is 8.41. The third-order valence-electron chi connectivity index (χ3n) is 4.30. The van der Waals surface area contributed by atoms with Gasteiger partial charge in [-0.3, -0.25) is 0 Å². The van der Waals surface area contributed by atoms with Crippen molar-refractivity contribution in [2.75, 3.05) is 6.54 Å². The van der Waals surface area contributed by atoms with E-state index in [1.165, 1.54) is 10.9 Å². The summed E-state index contributed by atoms with van der Waals surface area (Å²) in [6.07, 6.45) is 0.725. The van der Waals surface area contributed by atoms with E-state index in [1.54, 1.807) is 22.5 Å². The monoisotopic (exact) mass is 390 g/mol. The third kappa shape index (κ3) is 2.41. The van der Waals surface area contributed by atoms with Crippen molar-refractivity contribution in [1.82, 2.24) is 9.29 Å². The molecule has 23 heavy (non-hydrogen) atoms. The number of hydrogen-bond donors (Lipinski definition) is 1. The van der Waals surface area contributed by atoms with Gasteiger partial charge in [-0.1, -0.05) is 30.3 Å². The van der Waals surface area contributed by atoms with Crippen molar-refractivity contribution in [2.45, 2.75) is 17.9 Å². The van der Waals surface area contributed by atoms with Gasteiger partial charge in [-0.2, -0.15) is 4.31 Å². The van der Waals surface area contributed by atoms with Gasteiger partial charge in [-0.05, 0) is 46.1 Å². The van der Waals surface area contributed by atoms with Gasteiger partial charge in [-0.15, -0.1) is 0 Å². The van der Waals surface area contributed by atoms with Crippen LogP contribution in [0.4, 0.5) is 0 Å². The maximum Gasteiger partial charge on any atom is 0.244 e. The predicted molar refractivity (Wildman–Crippen MR) is 93.7 cm³/mol. The molecule has 0 radical (unpaired) electrons. The lowest BCUT2D eigenvalue weighted by molar-refractivity contribution is 0.388. The van der Waals surface area contributed by atoms with E-state index in [2.05, 4.69) is 27.0 Å². The summed E-state index contributed by atoms with van der Waals surface area (Å²) in [5.74, 6) is 0. The first-order valence-corrected chi connectivity index (χ1v) is 9.64. The zero-order chi connectivity index (χ0) is 16.0. The van der Waals surface area contributed by atoms with Crippen LogP contribution in [0.15, 0.2) is 57.9 Å². The topological polar surface area (TPSA) is 53.2 Å². The summed E-state index contributed by atoms with van der Waals surface area (Å²) in [6, 6.07) is 15.1. The van der Waals surface area contributed by atoms with Gasteiger partial charge in [0.15, 0.2) is 0 Å². The Morgan fingerprint density at radius 3 is 2.61 bits per heavy atom. The maximum absolute atomic E-state index is 12.9. The number of hydrogen-bond acceptors (Lipinski definition) is 2. The molecular weight excluding hydrogens is 376 g/mol. The van der Waals surface area contributed by atoms with Crippen molar-refractivity contribution in [3.8, 4) is 0 Å². The fourth-order valence-electron chi connectivity index (χ4n) is 3.17. The Morgan fingerprint density at radius 2 is 1.78 bits per heavy atom. The van der Waals surface area contributed by atoms with Crippen LogP contribution < -0.4 is 0 Å².